The Bertz CT molecular complexity index is 1040. The van der Waals surface area contributed by atoms with Crippen LogP contribution in [-0.2, 0) is 20.8 Å². The van der Waals surface area contributed by atoms with Crippen LogP contribution in [-0.4, -0.2) is 28.7 Å². The molecule has 2 aromatic rings. The van der Waals surface area contributed by atoms with Crippen LogP contribution in [0.15, 0.2) is 72.8 Å². The van der Waals surface area contributed by atoms with Crippen LogP contribution in [0.25, 0.3) is 0 Å². The molecule has 5 heteroatoms. The minimum atomic E-state index is -0.857. The predicted molar refractivity (Wildman–Crippen MR) is 116 cm³/mol. The number of hydrogen-bond acceptors (Lipinski definition) is 3. The van der Waals surface area contributed by atoms with E-state index < -0.39 is 6.04 Å². The lowest BCUT2D eigenvalue weighted by Crippen LogP contribution is -2.49. The van der Waals surface area contributed by atoms with Gasteiger partial charge in [0.05, 0.1) is 11.8 Å². The van der Waals surface area contributed by atoms with Gasteiger partial charge in [0.25, 0.3) is 0 Å². The molecule has 3 amide bonds. The summed E-state index contributed by atoms with van der Waals surface area (Å²) in [6.45, 7) is 0. The van der Waals surface area contributed by atoms with Gasteiger partial charge in [0.1, 0.15) is 6.04 Å². The molecule has 0 aromatic heterocycles. The number of carbonyl (C=O) groups excluding carboxylic acids is 3. The predicted octanol–water partition coefficient (Wildman–Crippen LogP) is 3.29. The average molecular weight is 412 g/mol. The molecule has 2 saturated carbocycles. The van der Waals surface area contributed by atoms with Crippen molar-refractivity contribution in [3.63, 3.8) is 0 Å². The van der Waals surface area contributed by atoms with Crippen LogP contribution in [0.3, 0.4) is 0 Å². The van der Waals surface area contributed by atoms with Crippen molar-refractivity contribution in [2.24, 2.45) is 35.5 Å². The molecule has 0 spiro atoms. The molecule has 4 aliphatic carbocycles. The number of para-hydroxylation sites is 1. The Hall–Kier alpha value is -3.21. The van der Waals surface area contributed by atoms with Crippen molar-refractivity contribution in [3.8, 4) is 0 Å². The zero-order chi connectivity index (χ0) is 21.1. The van der Waals surface area contributed by atoms with E-state index in [4.69, 9.17) is 0 Å². The molecule has 7 atom stereocenters. The number of benzene rings is 2. The fraction of sp³-hybridized carbons (Fsp3) is 0.346. The maximum Gasteiger partial charge on any atom is 0.248 e. The van der Waals surface area contributed by atoms with Gasteiger partial charge < -0.3 is 5.32 Å². The molecule has 0 radical (unpaired) electrons. The third-order valence-electron chi connectivity index (χ3n) is 7.62. The van der Waals surface area contributed by atoms with Gasteiger partial charge in [-0.2, -0.15) is 0 Å². The van der Waals surface area contributed by atoms with Gasteiger partial charge in [0, 0.05) is 12.1 Å². The highest BCUT2D eigenvalue weighted by atomic mass is 16.2. The van der Waals surface area contributed by atoms with Crippen molar-refractivity contribution in [1.29, 1.82) is 0 Å². The van der Waals surface area contributed by atoms with Crippen LogP contribution in [0.5, 0.6) is 0 Å². The number of amides is 3. The van der Waals surface area contributed by atoms with E-state index in [1.165, 1.54) is 4.90 Å². The standard InChI is InChI=1S/C26H24N2O3/c29-24(27-16-9-5-2-6-10-16)21(13-15-7-3-1-4-8-15)28-25(30)22-17-11-12-18(20-14-19(17)20)23(22)26(28)31/h1-12,17-23H,13-14H2,(H,27,29)/t17-,18-,19-,20-,21+,22-,23+/m1/s1. The molecule has 1 N–H and O–H groups in total. The van der Waals surface area contributed by atoms with Gasteiger partial charge in [-0.1, -0.05) is 60.7 Å². The number of likely N-dealkylation sites (tertiary alicyclic amines) is 1. The molecule has 1 aliphatic heterocycles. The molecular formula is C26H24N2O3. The fourth-order valence-corrected chi connectivity index (χ4v) is 6.17. The molecular weight excluding hydrogens is 388 g/mol. The zero-order valence-electron chi connectivity index (χ0n) is 17.1. The minimum absolute atomic E-state index is 0.149. The lowest BCUT2D eigenvalue weighted by atomic mass is 9.63. The Morgan fingerprint density at radius 2 is 1.42 bits per heavy atom. The monoisotopic (exact) mass is 412 g/mol. The molecule has 2 bridgehead atoms. The normalized spacial score (nSPS) is 33.1. The Kier molecular flexibility index (Phi) is 4.13. The lowest BCUT2D eigenvalue weighted by Gasteiger charge is -2.37. The summed E-state index contributed by atoms with van der Waals surface area (Å²) >= 11 is 0. The van der Waals surface area contributed by atoms with Crippen LogP contribution in [0.4, 0.5) is 5.69 Å². The van der Waals surface area contributed by atoms with Gasteiger partial charge in [-0.05, 0) is 47.8 Å². The molecule has 5 nitrogen and oxygen atoms in total. The first-order chi connectivity index (χ1) is 15.1. The van der Waals surface area contributed by atoms with Gasteiger partial charge in [-0.3, -0.25) is 19.3 Å². The molecule has 2 aromatic carbocycles. The number of hydrogen-bond donors (Lipinski definition) is 1. The number of nitrogens with zero attached hydrogens (tertiary/aromatic N) is 1. The Morgan fingerprint density at radius 3 is 2.00 bits per heavy atom. The van der Waals surface area contributed by atoms with Crippen LogP contribution in [0, 0.1) is 35.5 Å². The zero-order valence-corrected chi connectivity index (χ0v) is 17.1. The molecule has 7 rings (SSSR count). The SMILES string of the molecule is O=C(Nc1ccccc1)[C@H](Cc1ccccc1)N1C(=O)[C@@H]2[C@@H]3C=C[C@H]([C@H]4C[C@H]34)[C@@H]2C1=O. The van der Waals surface area contributed by atoms with Crippen molar-refractivity contribution in [1.82, 2.24) is 4.90 Å². The largest absolute Gasteiger partial charge is 0.324 e. The topological polar surface area (TPSA) is 66.5 Å². The highest BCUT2D eigenvalue weighted by molar-refractivity contribution is 6.10. The second-order valence-corrected chi connectivity index (χ2v) is 9.26. The second-order valence-electron chi connectivity index (χ2n) is 9.26. The first kappa shape index (κ1) is 18.6. The molecule has 0 unspecified atom stereocenters. The molecule has 5 aliphatic rings. The van der Waals surface area contributed by atoms with Crippen LogP contribution >= 0.6 is 0 Å². The third kappa shape index (κ3) is 2.87. The number of imide groups is 1. The van der Waals surface area contributed by atoms with Gasteiger partial charge in [-0.25, -0.2) is 0 Å². The molecule has 31 heavy (non-hydrogen) atoms. The second kappa shape index (κ2) is 6.91. The van der Waals surface area contributed by atoms with Gasteiger partial charge >= 0.3 is 0 Å². The summed E-state index contributed by atoms with van der Waals surface area (Å²) in [6.07, 6.45) is 5.75. The lowest BCUT2D eigenvalue weighted by molar-refractivity contribution is -0.146. The van der Waals surface area contributed by atoms with Crippen molar-refractivity contribution in [2.75, 3.05) is 5.32 Å². The quantitative estimate of drug-likeness (QED) is 0.605. The number of carbonyl (C=O) groups is 3. The van der Waals surface area contributed by atoms with Gasteiger partial charge in [-0.15, -0.1) is 0 Å². The number of anilines is 1. The van der Waals surface area contributed by atoms with Crippen molar-refractivity contribution in [3.05, 3.63) is 78.4 Å². The number of rotatable bonds is 5. The van der Waals surface area contributed by atoms with E-state index in [1.807, 2.05) is 60.7 Å². The summed E-state index contributed by atoms with van der Waals surface area (Å²) in [7, 11) is 0. The highest BCUT2D eigenvalue weighted by Crippen LogP contribution is 2.65. The van der Waals surface area contributed by atoms with E-state index in [1.54, 1.807) is 0 Å². The van der Waals surface area contributed by atoms with Gasteiger partial charge in [0.2, 0.25) is 17.7 Å². The fourth-order valence-electron chi connectivity index (χ4n) is 6.17. The third-order valence-corrected chi connectivity index (χ3v) is 7.62. The smallest absolute Gasteiger partial charge is 0.248 e. The summed E-state index contributed by atoms with van der Waals surface area (Å²) in [6, 6.07) is 17.9. The molecule has 1 saturated heterocycles. The van der Waals surface area contributed by atoms with E-state index in [0.717, 1.165) is 12.0 Å². The van der Waals surface area contributed by atoms with Crippen molar-refractivity contribution in [2.45, 2.75) is 18.9 Å². The van der Waals surface area contributed by atoms with Crippen molar-refractivity contribution >= 4 is 23.4 Å². The van der Waals surface area contributed by atoms with E-state index in [0.29, 0.717) is 23.9 Å². The molecule has 1 heterocycles. The summed E-state index contributed by atoms with van der Waals surface area (Å²) in [5.41, 5.74) is 1.58. The van der Waals surface area contributed by atoms with E-state index in [2.05, 4.69) is 17.5 Å². The maximum absolute atomic E-state index is 13.6. The minimum Gasteiger partial charge on any atom is -0.324 e. The summed E-state index contributed by atoms with van der Waals surface area (Å²) < 4.78 is 0. The van der Waals surface area contributed by atoms with Crippen LogP contribution < -0.4 is 5.32 Å². The summed E-state index contributed by atoms with van der Waals surface area (Å²) in [5, 5.41) is 2.92. The van der Waals surface area contributed by atoms with Gasteiger partial charge in [0.15, 0.2) is 0 Å². The van der Waals surface area contributed by atoms with E-state index in [-0.39, 0.29) is 41.4 Å². The van der Waals surface area contributed by atoms with Crippen LogP contribution in [0.2, 0.25) is 0 Å². The number of allylic oxidation sites excluding steroid dienone is 2. The van der Waals surface area contributed by atoms with Crippen molar-refractivity contribution < 1.29 is 14.4 Å². The van der Waals surface area contributed by atoms with Crippen LogP contribution in [0.1, 0.15) is 12.0 Å². The molecule has 156 valence electrons. The van der Waals surface area contributed by atoms with E-state index in [9.17, 15) is 14.4 Å². The Labute approximate surface area is 181 Å². The highest BCUT2D eigenvalue weighted by Gasteiger charge is 2.67. The average Bonchev–Trinajstić information content (AvgIpc) is 3.58. The Morgan fingerprint density at radius 1 is 0.871 bits per heavy atom. The van der Waals surface area contributed by atoms with E-state index >= 15 is 0 Å². The number of nitrogens with one attached hydrogen (secondary N) is 1. The Balaban J connectivity index is 1.34. The first-order valence-electron chi connectivity index (χ1n) is 11.1. The molecule has 3 fully saturated rings. The summed E-state index contributed by atoms with van der Waals surface area (Å²) in [5.74, 6) is 0.140. The summed E-state index contributed by atoms with van der Waals surface area (Å²) in [4.78, 5) is 41.9. The maximum atomic E-state index is 13.6. The first-order valence-corrected chi connectivity index (χ1v) is 11.1.